The summed E-state index contributed by atoms with van der Waals surface area (Å²) in [6.45, 7) is 1.67. The molecule has 172 valence electrons. The molecule has 0 aromatic heterocycles. The summed E-state index contributed by atoms with van der Waals surface area (Å²) in [4.78, 5) is 15.1. The quantitative estimate of drug-likeness (QED) is 0.585. The molecule has 2 aromatic rings. The molecule has 0 N–H and O–H groups in total. The molecule has 0 spiro atoms. The van der Waals surface area contributed by atoms with Crippen LogP contribution in [0.1, 0.15) is 56.1 Å². The van der Waals surface area contributed by atoms with Crippen LogP contribution in [-0.2, 0) is 27.8 Å². The van der Waals surface area contributed by atoms with E-state index < -0.39 is 10.0 Å². The van der Waals surface area contributed by atoms with E-state index in [9.17, 15) is 17.6 Å². The van der Waals surface area contributed by atoms with Gasteiger partial charge in [0.1, 0.15) is 5.82 Å². The third kappa shape index (κ3) is 5.75. The van der Waals surface area contributed by atoms with E-state index in [-0.39, 0.29) is 17.8 Å². The Balaban J connectivity index is 1.35. The highest BCUT2D eigenvalue weighted by molar-refractivity contribution is 7.89. The van der Waals surface area contributed by atoms with E-state index in [4.69, 9.17) is 0 Å². The number of sulfonamides is 1. The molecular weight excluding hydrogens is 427 g/mol. The highest BCUT2D eigenvalue weighted by Gasteiger charge is 2.32. The highest BCUT2D eigenvalue weighted by Crippen LogP contribution is 2.29. The minimum Gasteiger partial charge on any atom is -0.335 e. The van der Waals surface area contributed by atoms with Crippen LogP contribution < -0.4 is 0 Å². The van der Waals surface area contributed by atoms with E-state index in [1.165, 1.54) is 12.1 Å². The summed E-state index contributed by atoms with van der Waals surface area (Å²) in [6.07, 6.45) is 6.94. The topological polar surface area (TPSA) is 57.7 Å². The number of nitrogens with zero attached hydrogens (tertiary/aromatic N) is 2. The smallest absolute Gasteiger partial charge is 0.243 e. The number of carbonyl (C=O) groups is 1. The fourth-order valence-electron chi connectivity index (χ4n) is 4.25. The Morgan fingerprint density at radius 2 is 1.50 bits per heavy atom. The number of rotatable bonds is 8. The number of hydrogen-bond donors (Lipinski definition) is 0. The third-order valence-electron chi connectivity index (χ3n) is 6.33. The summed E-state index contributed by atoms with van der Waals surface area (Å²) in [7, 11) is -3.46. The van der Waals surface area contributed by atoms with Crippen molar-refractivity contribution >= 4 is 15.9 Å². The lowest BCUT2D eigenvalue weighted by molar-refractivity contribution is -0.132. The van der Waals surface area contributed by atoms with Crippen LogP contribution in [0.15, 0.2) is 53.4 Å². The lowest BCUT2D eigenvalue weighted by Crippen LogP contribution is -2.32. The standard InChI is InChI=1S/C25H31FN2O3S/c26-22-10-5-21(6-11-22)19-28(23-12-13-23)25(29)16-9-20-7-14-24(15-8-20)32(30,31)27-17-3-1-2-4-18-27/h5-8,10-11,14-15,23H,1-4,9,12-13,16-19H2. The molecule has 1 saturated heterocycles. The predicted octanol–water partition coefficient (Wildman–Crippen LogP) is 4.51. The van der Waals surface area contributed by atoms with Crippen molar-refractivity contribution in [3.8, 4) is 0 Å². The molecule has 5 nitrogen and oxygen atoms in total. The van der Waals surface area contributed by atoms with Crippen LogP contribution >= 0.6 is 0 Å². The Morgan fingerprint density at radius 3 is 2.09 bits per heavy atom. The number of hydrogen-bond acceptors (Lipinski definition) is 3. The molecule has 0 unspecified atom stereocenters. The summed E-state index contributed by atoms with van der Waals surface area (Å²) in [5.74, 6) is -0.197. The van der Waals surface area contributed by atoms with Crippen LogP contribution in [0, 0.1) is 5.82 Å². The van der Waals surface area contributed by atoms with Gasteiger partial charge in [-0.15, -0.1) is 0 Å². The van der Waals surface area contributed by atoms with Gasteiger partial charge in [-0.1, -0.05) is 37.1 Å². The Hall–Kier alpha value is -2.25. The lowest BCUT2D eigenvalue weighted by Gasteiger charge is -2.23. The Kier molecular flexibility index (Phi) is 7.26. The second kappa shape index (κ2) is 10.1. The third-order valence-corrected chi connectivity index (χ3v) is 8.24. The summed E-state index contributed by atoms with van der Waals surface area (Å²) in [5.41, 5.74) is 1.88. The van der Waals surface area contributed by atoms with Crippen LogP contribution in [0.3, 0.4) is 0 Å². The van der Waals surface area contributed by atoms with E-state index >= 15 is 0 Å². The van der Waals surface area contributed by atoms with Crippen molar-refractivity contribution in [2.45, 2.75) is 68.8 Å². The number of benzene rings is 2. The van der Waals surface area contributed by atoms with Crippen LogP contribution in [-0.4, -0.2) is 42.7 Å². The summed E-state index contributed by atoms with van der Waals surface area (Å²) in [6, 6.07) is 13.5. The predicted molar refractivity (Wildman–Crippen MR) is 122 cm³/mol. The first-order valence-electron chi connectivity index (χ1n) is 11.6. The van der Waals surface area contributed by atoms with Gasteiger partial charge in [-0.3, -0.25) is 4.79 Å². The largest absolute Gasteiger partial charge is 0.335 e. The molecule has 0 bridgehead atoms. The van der Waals surface area contributed by atoms with Crippen molar-refractivity contribution in [3.05, 3.63) is 65.5 Å². The Morgan fingerprint density at radius 1 is 0.906 bits per heavy atom. The second-order valence-corrected chi connectivity index (χ2v) is 10.8. The van der Waals surface area contributed by atoms with Gasteiger partial charge >= 0.3 is 0 Å². The minimum absolute atomic E-state index is 0.0816. The van der Waals surface area contributed by atoms with Gasteiger partial charge in [0.2, 0.25) is 15.9 Å². The fourth-order valence-corrected chi connectivity index (χ4v) is 5.76. The molecule has 1 amide bonds. The molecule has 2 aromatic carbocycles. The second-order valence-electron chi connectivity index (χ2n) is 8.84. The van der Waals surface area contributed by atoms with Gasteiger partial charge in [-0.2, -0.15) is 4.31 Å². The SMILES string of the molecule is O=C(CCc1ccc(S(=O)(=O)N2CCCCCC2)cc1)N(Cc1ccc(F)cc1)C1CC1. The van der Waals surface area contributed by atoms with E-state index in [0.717, 1.165) is 49.7 Å². The molecule has 1 heterocycles. The van der Waals surface area contributed by atoms with Gasteiger partial charge < -0.3 is 4.90 Å². The van der Waals surface area contributed by atoms with Crippen LogP contribution in [0.2, 0.25) is 0 Å². The zero-order chi connectivity index (χ0) is 22.6. The van der Waals surface area contributed by atoms with Crippen molar-refractivity contribution in [1.29, 1.82) is 0 Å². The normalized spacial score (nSPS) is 17.7. The fraction of sp³-hybridized carbons (Fsp3) is 0.480. The number of amides is 1. The van der Waals surface area contributed by atoms with Crippen molar-refractivity contribution in [3.63, 3.8) is 0 Å². The molecule has 2 fully saturated rings. The van der Waals surface area contributed by atoms with Crippen molar-refractivity contribution in [1.82, 2.24) is 9.21 Å². The zero-order valence-electron chi connectivity index (χ0n) is 18.4. The minimum atomic E-state index is -3.46. The number of halogens is 1. The molecule has 1 saturated carbocycles. The molecule has 4 rings (SSSR count). The molecular formula is C25H31FN2O3S. The van der Waals surface area contributed by atoms with Crippen LogP contribution in [0.5, 0.6) is 0 Å². The molecule has 2 aliphatic rings. The molecule has 0 atom stereocenters. The Bertz CT molecular complexity index is 1010. The summed E-state index contributed by atoms with van der Waals surface area (Å²) >= 11 is 0. The van der Waals surface area contributed by atoms with Gasteiger partial charge in [0, 0.05) is 32.1 Å². The molecule has 1 aliphatic heterocycles. The number of aryl methyl sites for hydroxylation is 1. The monoisotopic (exact) mass is 458 g/mol. The first-order chi connectivity index (χ1) is 15.4. The zero-order valence-corrected chi connectivity index (χ0v) is 19.2. The van der Waals surface area contributed by atoms with Gasteiger partial charge in [-0.25, -0.2) is 12.8 Å². The van der Waals surface area contributed by atoms with E-state index in [1.807, 2.05) is 17.0 Å². The maximum atomic E-state index is 13.2. The van der Waals surface area contributed by atoms with E-state index in [2.05, 4.69) is 0 Å². The van der Waals surface area contributed by atoms with Gasteiger partial charge in [0.25, 0.3) is 0 Å². The van der Waals surface area contributed by atoms with Crippen molar-refractivity contribution in [2.75, 3.05) is 13.1 Å². The average Bonchev–Trinajstić information content (AvgIpc) is 3.64. The maximum absolute atomic E-state index is 13.2. The van der Waals surface area contributed by atoms with Crippen LogP contribution in [0.4, 0.5) is 4.39 Å². The van der Waals surface area contributed by atoms with Gasteiger partial charge in [-0.05, 0) is 67.5 Å². The van der Waals surface area contributed by atoms with E-state index in [0.29, 0.717) is 37.4 Å². The average molecular weight is 459 g/mol. The summed E-state index contributed by atoms with van der Waals surface area (Å²) in [5, 5.41) is 0. The van der Waals surface area contributed by atoms with Crippen molar-refractivity contribution in [2.24, 2.45) is 0 Å². The summed E-state index contributed by atoms with van der Waals surface area (Å²) < 4.78 is 40.6. The maximum Gasteiger partial charge on any atom is 0.243 e. The molecule has 0 radical (unpaired) electrons. The number of carbonyl (C=O) groups excluding carboxylic acids is 1. The first-order valence-corrected chi connectivity index (χ1v) is 13.0. The van der Waals surface area contributed by atoms with Gasteiger partial charge in [0.15, 0.2) is 0 Å². The molecule has 7 heteroatoms. The molecule has 32 heavy (non-hydrogen) atoms. The van der Waals surface area contributed by atoms with Gasteiger partial charge in [0.05, 0.1) is 4.90 Å². The molecule has 1 aliphatic carbocycles. The lowest BCUT2D eigenvalue weighted by atomic mass is 10.1. The van der Waals surface area contributed by atoms with Crippen LogP contribution in [0.25, 0.3) is 0 Å². The van der Waals surface area contributed by atoms with E-state index in [1.54, 1.807) is 28.6 Å². The highest BCUT2D eigenvalue weighted by atomic mass is 32.2. The first kappa shape index (κ1) is 22.9. The van der Waals surface area contributed by atoms with Crippen molar-refractivity contribution < 1.29 is 17.6 Å². The Labute approximate surface area is 190 Å².